The van der Waals surface area contributed by atoms with Gasteiger partial charge in [0.25, 0.3) is 0 Å². The lowest BCUT2D eigenvalue weighted by molar-refractivity contribution is 0.112. The van der Waals surface area contributed by atoms with Crippen LogP contribution in [0.5, 0.6) is 5.75 Å². The van der Waals surface area contributed by atoms with Gasteiger partial charge >= 0.3 is 0 Å². The van der Waals surface area contributed by atoms with Crippen LogP contribution in [0.3, 0.4) is 0 Å². The summed E-state index contributed by atoms with van der Waals surface area (Å²) in [5.74, 6) is 0.0347. The summed E-state index contributed by atoms with van der Waals surface area (Å²) in [6.45, 7) is 4.63. The van der Waals surface area contributed by atoms with Gasteiger partial charge in [0.05, 0.1) is 5.56 Å². The second kappa shape index (κ2) is 9.47. The molecule has 1 saturated heterocycles. The van der Waals surface area contributed by atoms with Gasteiger partial charge in [-0.25, -0.2) is 0 Å². The molecule has 0 aromatic heterocycles. The number of para-hydroxylation sites is 1. The zero-order valence-electron chi connectivity index (χ0n) is 12.1. The van der Waals surface area contributed by atoms with Crippen molar-refractivity contribution in [3.63, 3.8) is 0 Å². The number of nitrogens with zero attached hydrogens (tertiary/aromatic N) is 1. The van der Waals surface area contributed by atoms with E-state index in [1.165, 1.54) is 38.5 Å². The van der Waals surface area contributed by atoms with Gasteiger partial charge in [-0.15, -0.1) is 0 Å². The van der Waals surface area contributed by atoms with E-state index in [1.807, 2.05) is 7.05 Å². The molecule has 0 bridgehead atoms. The van der Waals surface area contributed by atoms with Crippen molar-refractivity contribution in [2.24, 2.45) is 5.73 Å². The van der Waals surface area contributed by atoms with Crippen molar-refractivity contribution in [2.45, 2.75) is 18.9 Å². The van der Waals surface area contributed by atoms with Crippen LogP contribution in [0.25, 0.3) is 0 Å². The van der Waals surface area contributed by atoms with E-state index in [1.54, 1.807) is 18.2 Å². The zero-order valence-corrected chi connectivity index (χ0v) is 12.1. The highest BCUT2D eigenvalue weighted by Crippen LogP contribution is 2.11. The molecule has 2 rings (SSSR count). The molecule has 20 heavy (non-hydrogen) atoms. The molecule has 1 aromatic carbocycles. The number of piperidine rings is 1. The Labute approximate surface area is 120 Å². The van der Waals surface area contributed by atoms with E-state index in [4.69, 9.17) is 10.8 Å². The quantitative estimate of drug-likeness (QED) is 0.712. The molecule has 1 aliphatic heterocycles. The lowest BCUT2D eigenvalue weighted by Gasteiger charge is -2.29. The fourth-order valence-corrected chi connectivity index (χ4v) is 2.03. The summed E-state index contributed by atoms with van der Waals surface area (Å²) in [6, 6.07) is 6.86. The first-order valence-electron chi connectivity index (χ1n) is 7.03. The standard InChI is InChI=1S/C8H19N3.C7H6O2/c1-10-4-7-11-5-2-8(9)3-6-11;8-5-6-3-1-2-4-7(6)9/h8,10H,2-7,9H2,1H3;1-5,9H. The maximum Gasteiger partial charge on any atom is 0.153 e. The van der Waals surface area contributed by atoms with Gasteiger partial charge in [-0.2, -0.15) is 0 Å². The Kier molecular flexibility index (Phi) is 7.87. The molecule has 1 fully saturated rings. The number of hydrogen-bond donors (Lipinski definition) is 3. The van der Waals surface area contributed by atoms with E-state index in [2.05, 4.69) is 10.2 Å². The van der Waals surface area contributed by atoms with Gasteiger partial charge in [0.1, 0.15) is 5.75 Å². The normalized spacial score (nSPS) is 16.3. The molecule has 0 atom stereocenters. The van der Waals surface area contributed by atoms with Crippen LogP contribution in [0, 0.1) is 0 Å². The number of phenols is 1. The summed E-state index contributed by atoms with van der Waals surface area (Å²) in [7, 11) is 2.00. The number of nitrogens with one attached hydrogen (secondary N) is 1. The van der Waals surface area contributed by atoms with E-state index in [0.29, 0.717) is 17.9 Å². The minimum atomic E-state index is 0.0347. The Hall–Kier alpha value is -1.43. The van der Waals surface area contributed by atoms with Gasteiger partial charge in [-0.05, 0) is 45.1 Å². The first kappa shape index (κ1) is 16.6. The lowest BCUT2D eigenvalue weighted by atomic mass is 10.1. The Morgan fingerprint density at radius 2 is 2.05 bits per heavy atom. The fraction of sp³-hybridized carbons (Fsp3) is 0.533. The van der Waals surface area contributed by atoms with Gasteiger partial charge in [-0.3, -0.25) is 4.79 Å². The van der Waals surface area contributed by atoms with Gasteiger partial charge < -0.3 is 21.1 Å². The minimum absolute atomic E-state index is 0.0347. The highest BCUT2D eigenvalue weighted by atomic mass is 16.3. The van der Waals surface area contributed by atoms with Gasteiger partial charge in [0.2, 0.25) is 0 Å². The van der Waals surface area contributed by atoms with Gasteiger partial charge in [-0.1, -0.05) is 12.1 Å². The van der Waals surface area contributed by atoms with Crippen LogP contribution in [0.4, 0.5) is 0 Å². The van der Waals surface area contributed by atoms with E-state index >= 15 is 0 Å². The first-order valence-corrected chi connectivity index (χ1v) is 7.03. The predicted octanol–water partition coefficient (Wildman–Crippen LogP) is 0.834. The molecular weight excluding hydrogens is 254 g/mol. The van der Waals surface area contributed by atoms with E-state index in [9.17, 15) is 4.79 Å². The number of nitrogens with two attached hydrogens (primary N) is 1. The highest BCUT2D eigenvalue weighted by Gasteiger charge is 2.14. The number of aldehydes is 1. The summed E-state index contributed by atoms with van der Waals surface area (Å²) in [5.41, 5.74) is 6.11. The summed E-state index contributed by atoms with van der Waals surface area (Å²) >= 11 is 0. The van der Waals surface area contributed by atoms with Crippen molar-refractivity contribution in [3.05, 3.63) is 29.8 Å². The number of likely N-dealkylation sites (tertiary alicyclic amines) is 1. The molecule has 0 unspecified atom stereocenters. The summed E-state index contributed by atoms with van der Waals surface area (Å²) in [5, 5.41) is 12.0. The molecule has 0 aliphatic carbocycles. The summed E-state index contributed by atoms with van der Waals surface area (Å²) < 4.78 is 0. The Balaban J connectivity index is 0.000000204. The number of hydrogen-bond acceptors (Lipinski definition) is 5. The lowest BCUT2D eigenvalue weighted by Crippen LogP contribution is -2.42. The van der Waals surface area contributed by atoms with Crippen molar-refractivity contribution in [3.8, 4) is 5.75 Å². The molecule has 1 aromatic rings. The molecule has 5 nitrogen and oxygen atoms in total. The maximum absolute atomic E-state index is 10.1. The summed E-state index contributed by atoms with van der Waals surface area (Å²) in [4.78, 5) is 12.5. The van der Waals surface area contributed by atoms with Gasteiger partial charge in [0.15, 0.2) is 6.29 Å². The van der Waals surface area contributed by atoms with Crippen LogP contribution in [-0.4, -0.2) is 55.6 Å². The number of benzene rings is 1. The molecule has 0 radical (unpaired) electrons. The number of carbonyl (C=O) groups is 1. The molecule has 0 saturated carbocycles. The van der Waals surface area contributed by atoms with Crippen LogP contribution in [-0.2, 0) is 0 Å². The average Bonchev–Trinajstić information content (AvgIpc) is 2.48. The van der Waals surface area contributed by atoms with Crippen molar-refractivity contribution in [2.75, 3.05) is 33.2 Å². The van der Waals surface area contributed by atoms with Crippen molar-refractivity contribution in [1.29, 1.82) is 0 Å². The molecular formula is C15H25N3O2. The van der Waals surface area contributed by atoms with Crippen LogP contribution in [0.15, 0.2) is 24.3 Å². The number of aromatic hydroxyl groups is 1. The largest absolute Gasteiger partial charge is 0.507 e. The van der Waals surface area contributed by atoms with Crippen molar-refractivity contribution >= 4 is 6.29 Å². The van der Waals surface area contributed by atoms with Crippen LogP contribution >= 0.6 is 0 Å². The number of rotatable bonds is 4. The van der Waals surface area contributed by atoms with Crippen molar-refractivity contribution in [1.82, 2.24) is 10.2 Å². The Bertz CT molecular complexity index is 388. The van der Waals surface area contributed by atoms with E-state index < -0.39 is 0 Å². The smallest absolute Gasteiger partial charge is 0.153 e. The zero-order chi connectivity index (χ0) is 14.8. The SMILES string of the molecule is CNCCN1CCC(N)CC1.O=Cc1ccccc1O. The molecule has 1 aliphatic rings. The number of likely N-dealkylation sites (N-methyl/N-ethyl adjacent to an activating group) is 1. The molecule has 112 valence electrons. The molecule has 0 amide bonds. The van der Waals surface area contributed by atoms with E-state index in [-0.39, 0.29) is 5.75 Å². The average molecular weight is 279 g/mol. The first-order chi connectivity index (χ1) is 9.67. The van der Waals surface area contributed by atoms with Crippen LogP contribution in [0.2, 0.25) is 0 Å². The van der Waals surface area contributed by atoms with Crippen LogP contribution in [0.1, 0.15) is 23.2 Å². The fourth-order valence-electron chi connectivity index (χ4n) is 2.03. The third kappa shape index (κ3) is 6.14. The number of phenolic OH excluding ortho intramolecular Hbond substituents is 1. The monoisotopic (exact) mass is 279 g/mol. The molecule has 0 spiro atoms. The van der Waals surface area contributed by atoms with E-state index in [0.717, 1.165) is 6.54 Å². The second-order valence-corrected chi connectivity index (χ2v) is 4.96. The minimum Gasteiger partial charge on any atom is -0.507 e. The summed E-state index contributed by atoms with van der Waals surface area (Å²) in [6.07, 6.45) is 2.96. The highest BCUT2D eigenvalue weighted by molar-refractivity contribution is 5.78. The van der Waals surface area contributed by atoms with Gasteiger partial charge in [0, 0.05) is 19.1 Å². The molecule has 1 heterocycles. The third-order valence-corrected chi connectivity index (χ3v) is 3.37. The Morgan fingerprint density at radius 3 is 2.55 bits per heavy atom. The Morgan fingerprint density at radius 1 is 1.40 bits per heavy atom. The predicted molar refractivity (Wildman–Crippen MR) is 81.1 cm³/mol. The topological polar surface area (TPSA) is 78.6 Å². The second-order valence-electron chi connectivity index (χ2n) is 4.96. The molecule has 5 heteroatoms. The van der Waals surface area contributed by atoms with Crippen LogP contribution < -0.4 is 11.1 Å². The maximum atomic E-state index is 10.1. The number of carbonyl (C=O) groups excluding carboxylic acids is 1. The molecule has 4 N–H and O–H groups in total. The third-order valence-electron chi connectivity index (χ3n) is 3.37. The van der Waals surface area contributed by atoms with Crippen molar-refractivity contribution < 1.29 is 9.90 Å².